The van der Waals surface area contributed by atoms with Gasteiger partial charge in [-0.05, 0) is 49.7 Å². The fourth-order valence-corrected chi connectivity index (χ4v) is 3.00. The third-order valence-corrected chi connectivity index (χ3v) is 4.49. The first kappa shape index (κ1) is 19.4. The first-order valence-electron chi connectivity index (χ1n) is 8.74. The molecule has 3 rings (SSSR count). The summed E-state index contributed by atoms with van der Waals surface area (Å²) in [5, 5.41) is 7.39. The lowest BCUT2D eigenvalue weighted by Crippen LogP contribution is -2.13. The van der Waals surface area contributed by atoms with Crippen molar-refractivity contribution >= 4 is 11.6 Å². The van der Waals surface area contributed by atoms with Crippen molar-refractivity contribution in [2.45, 2.75) is 20.4 Å². The second-order valence-corrected chi connectivity index (χ2v) is 6.36. The number of hydrogen-bond acceptors (Lipinski definition) is 4. The summed E-state index contributed by atoms with van der Waals surface area (Å²) in [6.45, 7) is 4.10. The van der Waals surface area contributed by atoms with Gasteiger partial charge in [-0.25, -0.2) is 4.39 Å². The predicted octanol–water partition coefficient (Wildman–Crippen LogP) is 3.96. The Morgan fingerprint density at radius 3 is 2.54 bits per heavy atom. The van der Waals surface area contributed by atoms with Gasteiger partial charge >= 0.3 is 0 Å². The molecule has 0 radical (unpaired) electrons. The van der Waals surface area contributed by atoms with Crippen LogP contribution in [0.25, 0.3) is 0 Å². The molecule has 0 fully saturated rings. The van der Waals surface area contributed by atoms with E-state index in [2.05, 4.69) is 10.4 Å². The van der Waals surface area contributed by atoms with Crippen LogP contribution in [0.15, 0.2) is 42.5 Å². The molecular formula is C21H22FN3O3. The van der Waals surface area contributed by atoms with Gasteiger partial charge in [0, 0.05) is 5.56 Å². The lowest BCUT2D eigenvalue weighted by atomic mass is 10.1. The number of nitrogens with zero attached hydrogens (tertiary/aromatic N) is 2. The molecule has 0 aliphatic rings. The van der Waals surface area contributed by atoms with Gasteiger partial charge in [-0.2, -0.15) is 5.10 Å². The third kappa shape index (κ3) is 3.98. The molecule has 6 nitrogen and oxygen atoms in total. The average molecular weight is 383 g/mol. The molecule has 0 spiro atoms. The molecule has 0 atom stereocenters. The Labute approximate surface area is 162 Å². The SMILES string of the molecule is COc1ccc(C(=O)Nc2c(C)nn(Cc3cccc(F)c3)c2C)cc1OC. The molecule has 3 aromatic rings. The Morgan fingerprint density at radius 1 is 1.11 bits per heavy atom. The molecule has 0 unspecified atom stereocenters. The number of nitrogens with one attached hydrogen (secondary N) is 1. The van der Waals surface area contributed by atoms with Crippen molar-refractivity contribution in [3.63, 3.8) is 0 Å². The minimum Gasteiger partial charge on any atom is -0.493 e. The average Bonchev–Trinajstić information content (AvgIpc) is 2.94. The van der Waals surface area contributed by atoms with Crippen molar-refractivity contribution in [3.05, 3.63) is 70.8 Å². The Morgan fingerprint density at radius 2 is 1.86 bits per heavy atom. The summed E-state index contributed by atoms with van der Waals surface area (Å²) in [6.07, 6.45) is 0. The van der Waals surface area contributed by atoms with Gasteiger partial charge in [0.2, 0.25) is 0 Å². The molecule has 0 aliphatic carbocycles. The van der Waals surface area contributed by atoms with E-state index >= 15 is 0 Å². The van der Waals surface area contributed by atoms with Crippen LogP contribution in [0.2, 0.25) is 0 Å². The molecular weight excluding hydrogens is 361 g/mol. The summed E-state index contributed by atoms with van der Waals surface area (Å²) >= 11 is 0. The van der Waals surface area contributed by atoms with Gasteiger partial charge in [-0.15, -0.1) is 0 Å². The zero-order valence-electron chi connectivity index (χ0n) is 16.2. The molecule has 1 amide bonds. The van der Waals surface area contributed by atoms with Crippen molar-refractivity contribution in [1.29, 1.82) is 0 Å². The monoisotopic (exact) mass is 383 g/mol. The van der Waals surface area contributed by atoms with Crippen LogP contribution in [0.1, 0.15) is 27.3 Å². The van der Waals surface area contributed by atoms with Crippen LogP contribution in [-0.2, 0) is 6.54 Å². The van der Waals surface area contributed by atoms with E-state index in [9.17, 15) is 9.18 Å². The number of anilines is 1. The highest BCUT2D eigenvalue weighted by Gasteiger charge is 2.17. The van der Waals surface area contributed by atoms with Crippen molar-refractivity contribution in [2.75, 3.05) is 19.5 Å². The first-order chi connectivity index (χ1) is 13.4. The lowest BCUT2D eigenvalue weighted by Gasteiger charge is -2.10. The number of aromatic nitrogens is 2. The maximum absolute atomic E-state index is 13.4. The number of benzene rings is 2. The summed E-state index contributed by atoms with van der Waals surface area (Å²) in [5.74, 6) is 0.457. The van der Waals surface area contributed by atoms with Crippen LogP contribution < -0.4 is 14.8 Å². The Hall–Kier alpha value is -3.35. The van der Waals surface area contributed by atoms with Crippen LogP contribution in [0, 0.1) is 19.7 Å². The summed E-state index contributed by atoms with van der Waals surface area (Å²) in [7, 11) is 3.06. The van der Waals surface area contributed by atoms with Crippen molar-refractivity contribution in [1.82, 2.24) is 9.78 Å². The van der Waals surface area contributed by atoms with Crippen LogP contribution in [-0.4, -0.2) is 29.9 Å². The van der Waals surface area contributed by atoms with E-state index in [1.54, 1.807) is 28.9 Å². The van der Waals surface area contributed by atoms with Crippen LogP contribution in [0.3, 0.4) is 0 Å². The number of hydrogen-bond donors (Lipinski definition) is 1. The smallest absolute Gasteiger partial charge is 0.255 e. The van der Waals surface area contributed by atoms with Gasteiger partial charge in [0.05, 0.1) is 37.8 Å². The molecule has 1 aromatic heterocycles. The maximum Gasteiger partial charge on any atom is 0.255 e. The van der Waals surface area contributed by atoms with Crippen molar-refractivity contribution < 1.29 is 18.7 Å². The number of ether oxygens (including phenoxy) is 2. The fourth-order valence-electron chi connectivity index (χ4n) is 3.00. The van der Waals surface area contributed by atoms with E-state index in [1.165, 1.54) is 26.4 Å². The zero-order valence-corrected chi connectivity index (χ0v) is 16.2. The van der Waals surface area contributed by atoms with Crippen molar-refractivity contribution in [3.8, 4) is 11.5 Å². The van der Waals surface area contributed by atoms with E-state index in [1.807, 2.05) is 19.9 Å². The van der Waals surface area contributed by atoms with Gasteiger partial charge < -0.3 is 14.8 Å². The topological polar surface area (TPSA) is 65.4 Å². The lowest BCUT2D eigenvalue weighted by molar-refractivity contribution is 0.102. The van der Waals surface area contributed by atoms with Gasteiger partial charge in [0.15, 0.2) is 11.5 Å². The third-order valence-electron chi connectivity index (χ3n) is 4.49. The molecule has 1 N–H and O–H groups in total. The highest BCUT2D eigenvalue weighted by molar-refractivity contribution is 6.05. The molecule has 1 heterocycles. The van der Waals surface area contributed by atoms with Crippen molar-refractivity contribution in [2.24, 2.45) is 0 Å². The highest BCUT2D eigenvalue weighted by atomic mass is 19.1. The molecule has 7 heteroatoms. The number of methoxy groups -OCH3 is 2. The molecule has 146 valence electrons. The Kier molecular flexibility index (Phi) is 5.63. The van der Waals surface area contributed by atoms with Crippen LogP contribution in [0.5, 0.6) is 11.5 Å². The normalized spacial score (nSPS) is 10.6. The van der Waals surface area contributed by atoms with E-state index in [0.29, 0.717) is 35.0 Å². The quantitative estimate of drug-likeness (QED) is 0.700. The molecule has 28 heavy (non-hydrogen) atoms. The second-order valence-electron chi connectivity index (χ2n) is 6.36. The molecule has 0 aliphatic heterocycles. The number of carbonyl (C=O) groups is 1. The highest BCUT2D eigenvalue weighted by Crippen LogP contribution is 2.28. The number of halogens is 1. The Balaban J connectivity index is 1.83. The minimum absolute atomic E-state index is 0.280. The minimum atomic E-state index is -0.291. The first-order valence-corrected chi connectivity index (χ1v) is 8.74. The standard InChI is InChI=1S/C21H22FN3O3/c1-13-20(14(2)25(24-13)12-15-6-5-7-17(22)10-15)23-21(26)16-8-9-18(27-3)19(11-16)28-4/h5-11H,12H2,1-4H3,(H,23,26). The zero-order chi connectivity index (χ0) is 20.3. The summed E-state index contributed by atoms with van der Waals surface area (Å²) in [6, 6.07) is 11.3. The van der Waals surface area contributed by atoms with Crippen LogP contribution in [0.4, 0.5) is 10.1 Å². The number of carbonyl (C=O) groups excluding carboxylic acids is 1. The maximum atomic E-state index is 13.4. The van der Waals surface area contributed by atoms with Gasteiger partial charge in [0.25, 0.3) is 5.91 Å². The van der Waals surface area contributed by atoms with Gasteiger partial charge in [-0.1, -0.05) is 12.1 Å². The van der Waals surface area contributed by atoms with Crippen LogP contribution >= 0.6 is 0 Å². The fraction of sp³-hybridized carbons (Fsp3) is 0.238. The Bertz CT molecular complexity index is 1010. The second kappa shape index (κ2) is 8.12. The van der Waals surface area contributed by atoms with Gasteiger partial charge in [0.1, 0.15) is 5.82 Å². The molecule has 2 aromatic carbocycles. The van der Waals surface area contributed by atoms with E-state index in [-0.39, 0.29) is 11.7 Å². The van der Waals surface area contributed by atoms with E-state index in [0.717, 1.165) is 11.3 Å². The number of amides is 1. The number of aryl methyl sites for hydroxylation is 1. The largest absolute Gasteiger partial charge is 0.493 e. The summed E-state index contributed by atoms with van der Waals surface area (Å²) in [4.78, 5) is 12.7. The molecule has 0 saturated heterocycles. The molecule has 0 bridgehead atoms. The molecule has 0 saturated carbocycles. The summed E-state index contributed by atoms with van der Waals surface area (Å²) < 4.78 is 25.6. The number of rotatable bonds is 6. The summed E-state index contributed by atoms with van der Waals surface area (Å²) in [5.41, 5.74) is 3.34. The predicted molar refractivity (Wildman–Crippen MR) is 105 cm³/mol. The van der Waals surface area contributed by atoms with Gasteiger partial charge in [-0.3, -0.25) is 9.48 Å². The van der Waals surface area contributed by atoms with E-state index < -0.39 is 0 Å². The van der Waals surface area contributed by atoms with E-state index in [4.69, 9.17) is 9.47 Å².